The summed E-state index contributed by atoms with van der Waals surface area (Å²) in [5.41, 5.74) is -2.12. The average Bonchev–Trinajstić information content (AvgIpc) is 3.13. The standard InChI is InChI=1S/C19H19F6N3O4/c1-3-32-17(30)14-8-26-28(15(14)19(23,24)25)13-6-4-12(5-7-13)16(29)27-11(2)9-31-10-18(20,21)22/h4-8,11H,3,9-10H2,1-2H3,(H,27,29). The summed E-state index contributed by atoms with van der Waals surface area (Å²) in [5, 5.41) is 6.03. The van der Waals surface area contributed by atoms with Crippen molar-refractivity contribution in [2.45, 2.75) is 32.2 Å². The van der Waals surface area contributed by atoms with Gasteiger partial charge in [-0.05, 0) is 38.1 Å². The van der Waals surface area contributed by atoms with Gasteiger partial charge >= 0.3 is 18.3 Å². The van der Waals surface area contributed by atoms with Gasteiger partial charge in [-0.25, -0.2) is 9.48 Å². The van der Waals surface area contributed by atoms with Gasteiger partial charge in [-0.2, -0.15) is 31.4 Å². The summed E-state index contributed by atoms with van der Waals surface area (Å²) in [6, 6.07) is 4.02. The Balaban J connectivity index is 2.15. The number of ether oxygens (including phenoxy) is 2. The quantitative estimate of drug-likeness (QED) is 0.472. The van der Waals surface area contributed by atoms with Crippen LogP contribution in [0.4, 0.5) is 26.3 Å². The van der Waals surface area contributed by atoms with Crippen molar-refractivity contribution < 1.29 is 45.4 Å². The number of nitrogens with one attached hydrogen (secondary N) is 1. The van der Waals surface area contributed by atoms with Crippen molar-refractivity contribution in [3.63, 3.8) is 0 Å². The molecule has 0 aliphatic rings. The molecule has 1 atom stereocenters. The number of esters is 1. The molecule has 1 N–H and O–H groups in total. The normalized spacial score (nSPS) is 13.0. The molecule has 0 fully saturated rings. The highest BCUT2D eigenvalue weighted by Crippen LogP contribution is 2.34. The van der Waals surface area contributed by atoms with E-state index in [-0.39, 0.29) is 24.5 Å². The molecule has 2 rings (SSSR count). The highest BCUT2D eigenvalue weighted by Gasteiger charge is 2.41. The lowest BCUT2D eigenvalue weighted by molar-refractivity contribution is -0.174. The average molecular weight is 467 g/mol. The summed E-state index contributed by atoms with van der Waals surface area (Å²) >= 11 is 0. The molecule has 2 aromatic rings. The number of rotatable bonds is 8. The number of alkyl halides is 6. The molecule has 1 heterocycles. The number of hydrogen-bond donors (Lipinski definition) is 1. The molecule has 0 aliphatic heterocycles. The molecule has 0 aliphatic carbocycles. The number of nitrogens with zero attached hydrogens (tertiary/aromatic N) is 2. The number of carbonyl (C=O) groups is 2. The second-order valence-corrected chi connectivity index (χ2v) is 6.59. The molecule has 1 aromatic carbocycles. The lowest BCUT2D eigenvalue weighted by Gasteiger charge is -2.16. The van der Waals surface area contributed by atoms with Crippen LogP contribution in [0.25, 0.3) is 5.69 Å². The zero-order valence-corrected chi connectivity index (χ0v) is 16.9. The Morgan fingerprint density at radius 2 is 1.75 bits per heavy atom. The minimum absolute atomic E-state index is 0.0442. The molecule has 0 bridgehead atoms. The Kier molecular flexibility index (Phi) is 7.88. The number of carbonyl (C=O) groups excluding carboxylic acids is 2. The van der Waals surface area contributed by atoms with E-state index >= 15 is 0 Å². The number of amides is 1. The molecular formula is C19H19F6N3O4. The van der Waals surface area contributed by atoms with Crippen LogP contribution in [0.3, 0.4) is 0 Å². The maximum atomic E-state index is 13.5. The van der Waals surface area contributed by atoms with Crippen LogP contribution in [-0.4, -0.2) is 53.7 Å². The van der Waals surface area contributed by atoms with Crippen molar-refractivity contribution in [3.05, 3.63) is 47.3 Å². The number of hydrogen-bond acceptors (Lipinski definition) is 5. The van der Waals surface area contributed by atoms with E-state index in [0.29, 0.717) is 4.68 Å². The summed E-state index contributed by atoms with van der Waals surface area (Å²) in [6.07, 6.45) is -8.67. The lowest BCUT2D eigenvalue weighted by atomic mass is 10.1. The van der Waals surface area contributed by atoms with Gasteiger partial charge in [-0.1, -0.05) is 0 Å². The van der Waals surface area contributed by atoms with E-state index in [1.54, 1.807) is 0 Å². The Morgan fingerprint density at radius 3 is 2.28 bits per heavy atom. The van der Waals surface area contributed by atoms with E-state index in [1.807, 2.05) is 0 Å². The summed E-state index contributed by atoms with van der Waals surface area (Å²) < 4.78 is 86.5. The summed E-state index contributed by atoms with van der Waals surface area (Å²) in [4.78, 5) is 24.0. The molecule has 0 spiro atoms. The molecule has 1 aromatic heterocycles. The zero-order chi connectivity index (χ0) is 24.1. The maximum Gasteiger partial charge on any atom is 0.434 e. The largest absolute Gasteiger partial charge is 0.462 e. The first kappa shape index (κ1) is 25.2. The van der Waals surface area contributed by atoms with Gasteiger partial charge in [0.25, 0.3) is 5.91 Å². The van der Waals surface area contributed by atoms with Crippen molar-refractivity contribution in [1.29, 1.82) is 0 Å². The first-order valence-electron chi connectivity index (χ1n) is 9.21. The molecule has 13 heteroatoms. The van der Waals surface area contributed by atoms with Crippen molar-refractivity contribution in [1.82, 2.24) is 15.1 Å². The van der Waals surface area contributed by atoms with Crippen molar-refractivity contribution in [2.75, 3.05) is 19.8 Å². The van der Waals surface area contributed by atoms with Gasteiger partial charge in [0.2, 0.25) is 0 Å². The van der Waals surface area contributed by atoms with Crippen LogP contribution in [0, 0.1) is 0 Å². The second-order valence-electron chi connectivity index (χ2n) is 6.59. The molecule has 1 unspecified atom stereocenters. The third kappa shape index (κ3) is 6.70. The zero-order valence-electron chi connectivity index (χ0n) is 16.9. The predicted octanol–water partition coefficient (Wildman–Crippen LogP) is 3.77. The Morgan fingerprint density at radius 1 is 1.12 bits per heavy atom. The third-order valence-electron chi connectivity index (χ3n) is 3.92. The van der Waals surface area contributed by atoms with Crippen molar-refractivity contribution in [2.24, 2.45) is 0 Å². The highest BCUT2D eigenvalue weighted by atomic mass is 19.4. The Hall–Kier alpha value is -3.09. The van der Waals surface area contributed by atoms with Gasteiger partial charge in [-0.3, -0.25) is 4.79 Å². The second kappa shape index (κ2) is 10.0. The van der Waals surface area contributed by atoms with E-state index < -0.39 is 48.1 Å². The minimum Gasteiger partial charge on any atom is -0.462 e. The van der Waals surface area contributed by atoms with Gasteiger partial charge in [0, 0.05) is 11.6 Å². The molecule has 0 saturated carbocycles. The Bertz CT molecular complexity index is 938. The van der Waals surface area contributed by atoms with Crippen LogP contribution < -0.4 is 5.32 Å². The molecule has 1 amide bonds. The van der Waals surface area contributed by atoms with Crippen LogP contribution >= 0.6 is 0 Å². The van der Waals surface area contributed by atoms with Gasteiger partial charge < -0.3 is 14.8 Å². The number of aromatic nitrogens is 2. The van der Waals surface area contributed by atoms with Gasteiger partial charge in [0.15, 0.2) is 5.69 Å². The van der Waals surface area contributed by atoms with Crippen molar-refractivity contribution >= 4 is 11.9 Å². The van der Waals surface area contributed by atoms with Crippen LogP contribution in [0.15, 0.2) is 30.5 Å². The first-order valence-corrected chi connectivity index (χ1v) is 9.21. The van der Waals surface area contributed by atoms with Gasteiger partial charge in [-0.15, -0.1) is 0 Å². The fraction of sp³-hybridized carbons (Fsp3) is 0.421. The highest BCUT2D eigenvalue weighted by molar-refractivity contribution is 5.94. The topological polar surface area (TPSA) is 82.5 Å². The maximum absolute atomic E-state index is 13.5. The SMILES string of the molecule is CCOC(=O)c1cnn(-c2ccc(C(=O)NC(C)COCC(F)(F)F)cc2)c1C(F)(F)F. The Labute approximate surface area is 178 Å². The summed E-state index contributed by atoms with van der Waals surface area (Å²) in [6.45, 7) is 0.912. The summed E-state index contributed by atoms with van der Waals surface area (Å²) in [5.74, 6) is -1.84. The monoisotopic (exact) mass is 467 g/mol. The molecule has 32 heavy (non-hydrogen) atoms. The molecule has 7 nitrogen and oxygen atoms in total. The molecule has 176 valence electrons. The smallest absolute Gasteiger partial charge is 0.434 e. The van der Waals surface area contributed by atoms with Crippen LogP contribution in [0.2, 0.25) is 0 Å². The van der Waals surface area contributed by atoms with Crippen LogP contribution in [-0.2, 0) is 15.7 Å². The van der Waals surface area contributed by atoms with E-state index in [9.17, 15) is 35.9 Å². The summed E-state index contributed by atoms with van der Waals surface area (Å²) in [7, 11) is 0. The van der Waals surface area contributed by atoms with Gasteiger partial charge in [0.1, 0.15) is 12.2 Å². The molecule has 0 saturated heterocycles. The first-order chi connectivity index (χ1) is 14.8. The van der Waals surface area contributed by atoms with Crippen LogP contribution in [0.1, 0.15) is 40.3 Å². The van der Waals surface area contributed by atoms with E-state index in [1.165, 1.54) is 38.1 Å². The number of halogens is 6. The van der Waals surface area contributed by atoms with Crippen molar-refractivity contribution in [3.8, 4) is 5.69 Å². The minimum atomic E-state index is -4.92. The molecular weight excluding hydrogens is 448 g/mol. The van der Waals surface area contributed by atoms with Crippen LogP contribution in [0.5, 0.6) is 0 Å². The fourth-order valence-electron chi connectivity index (χ4n) is 2.63. The lowest BCUT2D eigenvalue weighted by Crippen LogP contribution is -2.36. The van der Waals surface area contributed by atoms with E-state index in [4.69, 9.17) is 0 Å². The van der Waals surface area contributed by atoms with Gasteiger partial charge in [0.05, 0.1) is 25.1 Å². The molecule has 0 radical (unpaired) electrons. The van der Waals surface area contributed by atoms with E-state index in [2.05, 4.69) is 19.9 Å². The predicted molar refractivity (Wildman–Crippen MR) is 98.3 cm³/mol. The third-order valence-corrected chi connectivity index (χ3v) is 3.92. The number of benzene rings is 1. The van der Waals surface area contributed by atoms with E-state index in [0.717, 1.165) is 6.20 Å². The fourth-order valence-corrected chi connectivity index (χ4v) is 2.63.